The molecule has 0 aliphatic carbocycles. The first-order valence-electron chi connectivity index (χ1n) is 18.2. The summed E-state index contributed by atoms with van der Waals surface area (Å²) in [5, 5.41) is -0.158. The lowest BCUT2D eigenvalue weighted by Gasteiger charge is -2.19. The lowest BCUT2D eigenvalue weighted by molar-refractivity contribution is -0.468. The minimum Gasteiger partial charge on any atom is -0.485 e. The van der Waals surface area contributed by atoms with Crippen LogP contribution in [0.5, 0.6) is 57.5 Å². The van der Waals surface area contributed by atoms with Gasteiger partial charge >= 0.3 is 5.78 Å². The van der Waals surface area contributed by atoms with Gasteiger partial charge in [0.2, 0.25) is 5.76 Å². The molecule has 0 saturated carbocycles. The first-order chi connectivity index (χ1) is 27.6. The molecule has 0 saturated heterocycles. The zero-order valence-electron chi connectivity index (χ0n) is 29.9. The lowest BCUT2D eigenvalue weighted by Crippen LogP contribution is -2.21. The molecule has 1 atom stereocenters. The second-order valence-corrected chi connectivity index (χ2v) is 19.9. The summed E-state index contributed by atoms with van der Waals surface area (Å²) in [7, 11) is 0. The van der Waals surface area contributed by atoms with Crippen molar-refractivity contribution in [3.63, 3.8) is 0 Å². The van der Waals surface area contributed by atoms with Crippen LogP contribution in [0.3, 0.4) is 0 Å². The molecule has 7 aliphatic heterocycles. The summed E-state index contributed by atoms with van der Waals surface area (Å²) in [6.45, 7) is 9.71. The third kappa shape index (κ3) is 5.08. The number of carbonyl (C=O) groups excluding carboxylic acids is 1. The minimum atomic E-state index is -0.158. The largest absolute Gasteiger partial charge is 0.485 e. The fourth-order valence-electron chi connectivity index (χ4n) is 7.64. The van der Waals surface area contributed by atoms with Crippen molar-refractivity contribution in [3.05, 3.63) is 25.3 Å². The van der Waals surface area contributed by atoms with Crippen LogP contribution in [0.2, 0.25) is 0 Å². The van der Waals surface area contributed by atoms with Crippen molar-refractivity contribution in [2.24, 2.45) is 0 Å². The Bertz CT molecular complexity index is 2510. The summed E-state index contributed by atoms with van der Waals surface area (Å²) in [6.07, 6.45) is 0. The van der Waals surface area contributed by atoms with Crippen molar-refractivity contribution >= 4 is 79.1 Å². The number of thioether (sulfide) groups is 1. The van der Waals surface area contributed by atoms with E-state index in [0.29, 0.717) is 114 Å². The predicted molar refractivity (Wildman–Crippen MR) is 216 cm³/mol. The van der Waals surface area contributed by atoms with E-state index in [-0.39, 0.29) is 5.25 Å². The number of thiophene rings is 5. The number of aryl methyl sites for hydroxylation is 2. The molecule has 12 heterocycles. The Morgan fingerprint density at radius 2 is 0.768 bits per heavy atom. The van der Waals surface area contributed by atoms with Gasteiger partial charge in [-0.05, 0) is 13.8 Å². The van der Waals surface area contributed by atoms with E-state index in [1.54, 1.807) is 68.4 Å². The van der Waals surface area contributed by atoms with E-state index in [2.05, 4.69) is 13.8 Å². The molecule has 56 heavy (non-hydrogen) atoms. The second-order valence-electron chi connectivity index (χ2n) is 13.3. The summed E-state index contributed by atoms with van der Waals surface area (Å²) >= 11 is 9.83. The summed E-state index contributed by atoms with van der Waals surface area (Å²) in [5.41, 5.74) is 0. The molecule has 12 nitrogen and oxygen atoms in total. The minimum absolute atomic E-state index is 0.158. The molecular formula is C38H31O12S6+. The molecule has 5 aromatic heterocycles. The van der Waals surface area contributed by atoms with Crippen LogP contribution in [0.25, 0.3) is 34.2 Å². The SMILES string of the molecule is Cc1sc(-c2sc(-c3sc(-c4sc(C5=C6OCC[O+]=C6C(c6sc(C)c7c6OCCO7)S5)c5c4OCCO5)c4c3OCCO4)c3c2OCCO3)c2c1OCCO2. The molecule has 0 N–H and O–H groups in total. The molecule has 0 radical (unpaired) electrons. The summed E-state index contributed by atoms with van der Waals surface area (Å²) < 4.78 is 75.8. The highest BCUT2D eigenvalue weighted by molar-refractivity contribution is 8.10. The molecule has 12 rings (SSSR count). The van der Waals surface area contributed by atoms with Crippen LogP contribution in [-0.4, -0.2) is 85.1 Å². The van der Waals surface area contributed by atoms with Crippen molar-refractivity contribution in [2.45, 2.75) is 19.1 Å². The zero-order valence-corrected chi connectivity index (χ0v) is 34.8. The zero-order chi connectivity index (χ0) is 37.1. The maximum absolute atomic E-state index is 6.47. The molecule has 18 heteroatoms. The van der Waals surface area contributed by atoms with Crippen LogP contribution >= 0.6 is 68.4 Å². The van der Waals surface area contributed by atoms with Crippen molar-refractivity contribution in [1.82, 2.24) is 0 Å². The monoisotopic (exact) mass is 871 g/mol. The Hall–Kier alpha value is -3.94. The predicted octanol–water partition coefficient (Wildman–Crippen LogP) is 8.76. The molecule has 0 aromatic carbocycles. The topological polar surface area (TPSA) is 113 Å². The van der Waals surface area contributed by atoms with Crippen molar-refractivity contribution in [2.75, 3.05) is 79.3 Å². The highest BCUT2D eigenvalue weighted by Gasteiger charge is 2.51. The Balaban J connectivity index is 0.993. The molecule has 1 unspecified atom stereocenters. The van der Waals surface area contributed by atoms with E-state index < -0.39 is 0 Å². The van der Waals surface area contributed by atoms with Gasteiger partial charge in [-0.25, -0.2) is 4.42 Å². The number of ether oxygens (including phenoxy) is 11. The number of hydrogen-bond donors (Lipinski definition) is 0. The van der Waals surface area contributed by atoms with E-state index in [4.69, 9.17) is 56.5 Å². The van der Waals surface area contributed by atoms with Gasteiger partial charge in [-0.1, -0.05) is 11.8 Å². The number of ketones is 1. The van der Waals surface area contributed by atoms with Gasteiger partial charge in [0, 0.05) is 9.75 Å². The van der Waals surface area contributed by atoms with Gasteiger partial charge in [-0.15, -0.1) is 56.7 Å². The Morgan fingerprint density at radius 1 is 0.393 bits per heavy atom. The fourth-order valence-corrected chi connectivity index (χ4v) is 15.4. The number of hydrogen-bond acceptors (Lipinski definition) is 17. The maximum Gasteiger partial charge on any atom is 0.380 e. The van der Waals surface area contributed by atoms with Crippen LogP contribution in [0, 0.1) is 13.8 Å². The molecule has 0 spiro atoms. The second kappa shape index (κ2) is 13.3. The molecule has 0 bridgehead atoms. The van der Waals surface area contributed by atoms with Gasteiger partial charge < -0.3 is 52.1 Å². The standard InChI is InChI=1S/C38H31O12S6/c1-15-17-19(41-5-3-39-17)29(51-15)31-21-23(45-9-7-43-21)33(53-31)35-25-27(49-13-11-47-25)37(55-35)38-28-26(48-12-14-50-28)36(56-38)34-24-22(44-8-10-46-24)32(54-34)30-20-18(16(2)52-30)40-4-6-42-20/h31H,3-14H2,1-2H3/q+1. The Morgan fingerprint density at radius 3 is 1.29 bits per heavy atom. The summed E-state index contributed by atoms with van der Waals surface area (Å²) in [5.74, 6) is 8.85. The lowest BCUT2D eigenvalue weighted by atomic mass is 10.1. The molecule has 5 aromatic rings. The van der Waals surface area contributed by atoms with Crippen molar-refractivity contribution in [1.29, 1.82) is 0 Å². The van der Waals surface area contributed by atoms with Crippen molar-refractivity contribution < 1.29 is 56.5 Å². The van der Waals surface area contributed by atoms with E-state index in [1.807, 2.05) is 0 Å². The molecule has 0 fully saturated rings. The van der Waals surface area contributed by atoms with E-state index >= 15 is 0 Å². The van der Waals surface area contributed by atoms with Gasteiger partial charge in [0.15, 0.2) is 69.4 Å². The smallest absolute Gasteiger partial charge is 0.380 e. The number of rotatable bonds is 5. The van der Waals surface area contributed by atoms with Crippen LogP contribution in [0.1, 0.15) is 24.8 Å². The van der Waals surface area contributed by atoms with E-state index in [1.165, 1.54) is 0 Å². The van der Waals surface area contributed by atoms with E-state index in [0.717, 1.165) is 88.2 Å². The van der Waals surface area contributed by atoms with Crippen molar-refractivity contribution in [3.8, 4) is 86.8 Å². The first-order valence-corrected chi connectivity index (χ1v) is 23.2. The maximum atomic E-state index is 6.47. The third-order valence-corrected chi connectivity index (χ3v) is 17.7. The van der Waals surface area contributed by atoms with Gasteiger partial charge in [-0.3, -0.25) is 0 Å². The highest BCUT2D eigenvalue weighted by Crippen LogP contribution is 2.67. The Kier molecular flexibility index (Phi) is 8.11. The van der Waals surface area contributed by atoms with Crippen LogP contribution in [0.15, 0.2) is 5.76 Å². The van der Waals surface area contributed by atoms with Crippen LogP contribution in [0.4, 0.5) is 0 Å². The quantitative estimate of drug-likeness (QED) is 0.158. The molecular weight excluding hydrogens is 841 g/mol. The average Bonchev–Trinajstić information content (AvgIpc) is 4.10. The van der Waals surface area contributed by atoms with Gasteiger partial charge in [-0.2, -0.15) is 0 Å². The fraction of sp³-hybridized carbons (Fsp3) is 0.395. The van der Waals surface area contributed by atoms with Gasteiger partial charge in [0.05, 0.1) is 43.9 Å². The van der Waals surface area contributed by atoms with E-state index in [9.17, 15) is 0 Å². The summed E-state index contributed by atoms with van der Waals surface area (Å²) in [4.78, 5) is 10.6. The van der Waals surface area contributed by atoms with Crippen LogP contribution < -0.4 is 47.4 Å². The molecule has 7 aliphatic rings. The van der Waals surface area contributed by atoms with Gasteiger partial charge in [0.1, 0.15) is 66.1 Å². The Labute approximate surface area is 344 Å². The normalized spacial score (nSPS) is 20.1. The van der Waals surface area contributed by atoms with Crippen LogP contribution in [-0.2, 0) is 9.16 Å². The highest BCUT2D eigenvalue weighted by atomic mass is 32.2. The number of allylic oxidation sites excluding steroid dienone is 1. The summed E-state index contributed by atoms with van der Waals surface area (Å²) in [6, 6.07) is 0. The molecule has 290 valence electrons. The third-order valence-electron chi connectivity index (χ3n) is 9.90. The molecule has 0 amide bonds. The average molecular weight is 872 g/mol. The first kappa shape index (κ1) is 34.1. The number of fused-ring (bicyclic) bond motifs is 6. The van der Waals surface area contributed by atoms with Gasteiger partial charge in [0.25, 0.3) is 6.61 Å².